The van der Waals surface area contributed by atoms with Crippen molar-refractivity contribution in [3.05, 3.63) is 30.0 Å². The summed E-state index contributed by atoms with van der Waals surface area (Å²) < 4.78 is 0. The second kappa shape index (κ2) is 44.1. The van der Waals surface area contributed by atoms with Crippen LogP contribution in [0.2, 0.25) is 0 Å². The van der Waals surface area contributed by atoms with Crippen molar-refractivity contribution in [1.82, 2.24) is 62.7 Å². The van der Waals surface area contributed by atoms with E-state index in [0.717, 1.165) is 0 Å². The number of nitrogens with one attached hydrogen (secondary N) is 10. The summed E-state index contributed by atoms with van der Waals surface area (Å²) in [7, 11) is 0. The van der Waals surface area contributed by atoms with Gasteiger partial charge >= 0.3 is 0 Å². The molecule has 1 aliphatic rings. The third-order valence-electron chi connectivity index (χ3n) is 14.2. The number of carbonyl (C=O) groups is 10. The highest BCUT2D eigenvalue weighted by molar-refractivity contribution is 6.02. The van der Waals surface area contributed by atoms with Gasteiger partial charge in [0.1, 0.15) is 48.0 Å². The van der Waals surface area contributed by atoms with Gasteiger partial charge in [-0.3, -0.25) is 52.9 Å². The summed E-state index contributed by atoms with van der Waals surface area (Å²) in [5, 5.41) is 34.1. The van der Waals surface area contributed by atoms with E-state index in [2.05, 4.69) is 62.8 Å². The number of aliphatic hydroxyl groups excluding tert-OH is 1. The highest BCUT2D eigenvalue weighted by Crippen LogP contribution is 2.21. The second-order valence-electron chi connectivity index (χ2n) is 21.3. The third-order valence-corrected chi connectivity index (χ3v) is 14.2. The van der Waals surface area contributed by atoms with Gasteiger partial charge < -0.3 is 120 Å². The van der Waals surface area contributed by atoms with Gasteiger partial charge in [0, 0.05) is 44.5 Å². The Kier molecular flexibility index (Phi) is 38.4. The van der Waals surface area contributed by atoms with E-state index >= 15 is 0 Å². The quantitative estimate of drug-likeness (QED) is 0.0125. The van der Waals surface area contributed by atoms with E-state index in [1.165, 1.54) is 23.5 Å². The third kappa shape index (κ3) is 29.0. The maximum Gasteiger partial charge on any atom is 0.268 e. The van der Waals surface area contributed by atoms with Crippen LogP contribution in [0.5, 0.6) is 0 Å². The number of aliphatic hydroxyl groups is 1. The molecule has 9 atom stereocenters. The fourth-order valence-corrected chi connectivity index (χ4v) is 9.24. The average Bonchev–Trinajstić information content (AvgIpc) is 2.93. The lowest BCUT2D eigenvalue weighted by Crippen LogP contribution is -2.61. The molecular formula is C54H101N23O11. The number of aromatic amines is 1. The maximum atomic E-state index is 14.5. The van der Waals surface area contributed by atoms with E-state index in [1.807, 2.05) is 0 Å². The molecular weight excluding hydrogens is 1150 g/mol. The molecule has 34 heteroatoms. The van der Waals surface area contributed by atoms with E-state index in [1.54, 1.807) is 0 Å². The lowest BCUT2D eigenvalue weighted by atomic mass is 10.0. The first kappa shape index (κ1) is 76.7. The highest BCUT2D eigenvalue weighted by Gasteiger charge is 2.40. The number of amides is 10. The number of H-pyrrole nitrogens is 1. The van der Waals surface area contributed by atoms with Crippen molar-refractivity contribution in [3.63, 3.8) is 0 Å². The summed E-state index contributed by atoms with van der Waals surface area (Å²) >= 11 is 0. The number of guanidine groups is 1. The minimum atomic E-state index is -1.71. The Bertz CT molecular complexity index is 2380. The lowest BCUT2D eigenvalue weighted by Gasteiger charge is -2.30. The Hall–Kier alpha value is -7.44. The molecule has 0 bridgehead atoms. The monoisotopic (exact) mass is 1250 g/mol. The van der Waals surface area contributed by atoms with Crippen molar-refractivity contribution in [3.8, 4) is 0 Å². The molecule has 88 heavy (non-hydrogen) atoms. The average molecular weight is 1250 g/mol. The summed E-state index contributed by atoms with van der Waals surface area (Å²) in [4.78, 5) is 151. The first-order chi connectivity index (χ1) is 42.2. The summed E-state index contributed by atoms with van der Waals surface area (Å²) in [6, 6.07) is -10.1. The zero-order valence-electron chi connectivity index (χ0n) is 50.6. The molecule has 1 aromatic rings. The first-order valence-corrected chi connectivity index (χ1v) is 30.3. The number of nitrogens with zero attached hydrogens (tertiary/aromatic N) is 3. The normalized spacial score (nSPS) is 15.8. The van der Waals surface area contributed by atoms with Crippen LogP contribution in [-0.4, -0.2) is 211 Å². The van der Waals surface area contributed by atoms with Gasteiger partial charge in [-0.25, -0.2) is 4.98 Å². The number of rotatable bonds is 46. The molecule has 0 aliphatic carbocycles. The Balaban J connectivity index is 2.37. The maximum absolute atomic E-state index is 14.5. The van der Waals surface area contributed by atoms with E-state index in [4.69, 9.17) is 57.3 Å². The Morgan fingerprint density at radius 2 is 1.23 bits per heavy atom. The van der Waals surface area contributed by atoms with Crippen molar-refractivity contribution in [2.24, 2.45) is 62.3 Å². The minimum absolute atomic E-state index is 0.00296. The molecule has 31 N–H and O–H groups in total. The Morgan fingerprint density at radius 3 is 1.83 bits per heavy atom. The van der Waals surface area contributed by atoms with Gasteiger partial charge in [0.25, 0.3) is 5.91 Å². The molecule has 1 aliphatic heterocycles. The van der Waals surface area contributed by atoms with Crippen LogP contribution in [0.1, 0.15) is 115 Å². The van der Waals surface area contributed by atoms with Gasteiger partial charge in [-0.05, 0) is 142 Å². The number of aromatic nitrogens is 2. The molecule has 0 saturated carbocycles. The van der Waals surface area contributed by atoms with E-state index < -0.39 is 127 Å². The summed E-state index contributed by atoms with van der Waals surface area (Å²) in [5.41, 5.74) is 57.1. The van der Waals surface area contributed by atoms with Gasteiger partial charge in [-0.1, -0.05) is 12.5 Å². The summed E-state index contributed by atoms with van der Waals surface area (Å²) in [6.45, 7) is 0.633. The van der Waals surface area contributed by atoms with E-state index in [9.17, 15) is 53.1 Å². The van der Waals surface area contributed by atoms with E-state index in [-0.39, 0.29) is 95.7 Å². The zero-order chi connectivity index (χ0) is 65.4. The van der Waals surface area contributed by atoms with Gasteiger partial charge in [0.2, 0.25) is 53.2 Å². The predicted octanol–water partition coefficient (Wildman–Crippen LogP) is -8.39. The molecule has 1 saturated heterocycles. The van der Waals surface area contributed by atoms with E-state index in [0.29, 0.717) is 96.1 Å². The minimum Gasteiger partial charge on any atom is -0.389 e. The van der Waals surface area contributed by atoms with Crippen LogP contribution in [0.3, 0.4) is 0 Å². The second-order valence-corrected chi connectivity index (χ2v) is 21.3. The molecule has 1 fully saturated rings. The van der Waals surface area contributed by atoms with Crippen LogP contribution in [0.25, 0.3) is 0 Å². The number of aliphatic imine (C=N–C) groups is 1. The molecule has 1 aromatic heterocycles. The standard InChI is InChI=1S/C54H101N23O11/c55-19-4-1-12-34(62)45(80)71-38(18-24-60)49(84)76-44(42(78)29-61)52(87)68-31-43(79)70-39(15-9-23-59)53(88)77-27-11-17-41(77)51(86)75-40(28-33-30-65-32-69-33)50(85)74-36(14-3-6-21-57)47(82)73-37(16-10-26-67-54(63)64)48(83)72-35(13-2-5-20-56)46(81)66-25-8-7-22-58/h16,30,32,34-36,38-42,44,78H,1-15,17-29,31,55-62H2,(H,65,69)(H,66,81)(H,68,87)(H,70,79)(H,71,80)(H,72,83)(H,73,82)(H,74,85)(H,75,86)(H,76,84)(H4,63,64,67)/b37-16-/t34-,35-,36-,38-,39+,40-,41-,42-,44-/m0/s1. The van der Waals surface area contributed by atoms with Crippen molar-refractivity contribution in [2.75, 3.05) is 72.0 Å². The lowest BCUT2D eigenvalue weighted by molar-refractivity contribution is -0.142. The first-order valence-electron chi connectivity index (χ1n) is 30.3. The van der Waals surface area contributed by atoms with Crippen molar-refractivity contribution < 1.29 is 53.1 Å². The molecule has 10 amide bonds. The molecule has 2 heterocycles. The van der Waals surface area contributed by atoms with Crippen molar-refractivity contribution in [2.45, 2.75) is 170 Å². The smallest absolute Gasteiger partial charge is 0.268 e. The van der Waals surface area contributed by atoms with Gasteiger partial charge in [-0.15, -0.1) is 0 Å². The number of unbranched alkanes of at least 4 members (excludes halogenated alkanes) is 4. The zero-order valence-corrected chi connectivity index (χ0v) is 50.6. The van der Waals surface area contributed by atoms with Gasteiger partial charge in [0.15, 0.2) is 5.96 Å². The highest BCUT2D eigenvalue weighted by atomic mass is 16.3. The predicted molar refractivity (Wildman–Crippen MR) is 328 cm³/mol. The van der Waals surface area contributed by atoms with Crippen LogP contribution in [0.15, 0.2) is 29.3 Å². The van der Waals surface area contributed by atoms with Crippen LogP contribution in [0.4, 0.5) is 0 Å². The molecule has 0 radical (unpaired) electrons. The SMILES string of the molecule is NCCCCNC(=O)[C@H](CCCCN)NC(=O)/C(=C/CCN=C(N)N)NC(=O)[C@H](CCCCN)NC(=O)[C@H](Cc1cnc[nH]1)NC(=O)[C@@H]1CCCN1C(=O)[C@@H](CCCN)NC(=O)CNC(=O)[C@@H](NC(=O)[C@H](CCN)NC(=O)[C@@H](N)CCCCN)[C@@H](O)CN. The van der Waals surface area contributed by atoms with Gasteiger partial charge in [0.05, 0.1) is 25.0 Å². The number of carbonyl (C=O) groups excluding carboxylic acids is 10. The largest absolute Gasteiger partial charge is 0.389 e. The Morgan fingerprint density at radius 1 is 0.636 bits per heavy atom. The van der Waals surface area contributed by atoms with Crippen LogP contribution in [-0.2, 0) is 54.4 Å². The number of nitrogens with two attached hydrogens (primary N) is 10. The number of likely N-dealkylation sites (tertiary alicyclic amines) is 1. The number of imidazole rings is 1. The van der Waals surface area contributed by atoms with Crippen LogP contribution < -0.4 is 105 Å². The topological polar surface area (TPSA) is 604 Å². The fourth-order valence-electron chi connectivity index (χ4n) is 9.24. The number of hydrogen-bond acceptors (Lipinski definition) is 21. The van der Waals surface area contributed by atoms with Crippen molar-refractivity contribution in [1.29, 1.82) is 0 Å². The summed E-state index contributed by atoms with van der Waals surface area (Å²) in [6.07, 6.45) is 7.93. The summed E-state index contributed by atoms with van der Waals surface area (Å²) in [5.74, 6) is -8.01. The van der Waals surface area contributed by atoms with Crippen LogP contribution in [0, 0.1) is 0 Å². The van der Waals surface area contributed by atoms with Gasteiger partial charge in [-0.2, -0.15) is 0 Å². The molecule has 34 nitrogen and oxygen atoms in total. The molecule has 498 valence electrons. The molecule has 2 rings (SSSR count). The Labute approximate surface area is 513 Å². The van der Waals surface area contributed by atoms with Crippen molar-refractivity contribution >= 4 is 65.0 Å². The number of hydrogen-bond donors (Lipinski definition) is 21. The fraction of sp³-hybridized carbons (Fsp3) is 0.704. The molecule has 0 aromatic carbocycles. The molecule has 0 unspecified atom stereocenters. The van der Waals surface area contributed by atoms with Crippen LogP contribution >= 0.6 is 0 Å². The molecule has 0 spiro atoms.